The number of anilines is 1. The fourth-order valence-electron chi connectivity index (χ4n) is 2.62. The highest BCUT2D eigenvalue weighted by atomic mass is 16.4. The summed E-state index contributed by atoms with van der Waals surface area (Å²) in [4.78, 5) is 19.6. The van der Waals surface area contributed by atoms with Gasteiger partial charge in [-0.25, -0.2) is 9.48 Å². The molecule has 7 heteroatoms. The number of nitrogens with zero attached hydrogens (tertiary/aromatic N) is 4. The molecule has 0 bridgehead atoms. The molecule has 1 aliphatic heterocycles. The van der Waals surface area contributed by atoms with Crippen LogP contribution in [-0.4, -0.2) is 30.8 Å². The van der Waals surface area contributed by atoms with Gasteiger partial charge in [0, 0.05) is 24.7 Å². The van der Waals surface area contributed by atoms with Crippen molar-refractivity contribution in [1.82, 2.24) is 19.7 Å². The lowest BCUT2D eigenvalue weighted by Gasteiger charge is -2.29. The fourth-order valence-corrected chi connectivity index (χ4v) is 2.62. The number of pyridine rings is 1. The van der Waals surface area contributed by atoms with Crippen molar-refractivity contribution in [1.29, 1.82) is 0 Å². The molecular formula is C12H13N5O2. The molecule has 0 fully saturated rings. The molecule has 0 amide bonds. The summed E-state index contributed by atoms with van der Waals surface area (Å²) in [7, 11) is 0. The number of hydrogen-bond donors (Lipinski definition) is 2. The molecule has 0 radical (unpaired) electrons. The maximum atomic E-state index is 11.6. The number of carboxylic acid groups (broad SMARTS) is 1. The SMILES string of the molecule is Nc1nc2n(n1)C(C(=O)O)C(c1ccncc1)CC2. The molecule has 0 aromatic carbocycles. The summed E-state index contributed by atoms with van der Waals surface area (Å²) in [5.74, 6) is -0.311. The number of carboxylic acids is 1. The quantitative estimate of drug-likeness (QED) is 0.818. The van der Waals surface area contributed by atoms with Crippen LogP contribution in [0.2, 0.25) is 0 Å². The van der Waals surface area contributed by atoms with Crippen molar-refractivity contribution in [3.05, 3.63) is 35.9 Å². The zero-order valence-corrected chi connectivity index (χ0v) is 10.1. The van der Waals surface area contributed by atoms with E-state index in [-0.39, 0.29) is 11.9 Å². The standard InChI is InChI=1S/C12H13N5O2/c13-12-15-9-2-1-8(7-3-5-14-6-4-7)10(11(18)19)17(9)16-12/h3-6,8,10H,1-2H2,(H2,13,16)(H,18,19). The van der Waals surface area contributed by atoms with Crippen molar-refractivity contribution in [3.8, 4) is 0 Å². The number of aromatic nitrogens is 4. The number of rotatable bonds is 2. The summed E-state index contributed by atoms with van der Waals surface area (Å²) in [6, 6.07) is 2.91. The third-order valence-electron chi connectivity index (χ3n) is 3.43. The minimum atomic E-state index is -0.923. The van der Waals surface area contributed by atoms with Crippen molar-refractivity contribution in [3.63, 3.8) is 0 Å². The predicted molar refractivity (Wildman–Crippen MR) is 66.4 cm³/mol. The van der Waals surface area contributed by atoms with Crippen LogP contribution in [0.3, 0.4) is 0 Å². The lowest BCUT2D eigenvalue weighted by molar-refractivity contribution is -0.142. The van der Waals surface area contributed by atoms with Gasteiger partial charge >= 0.3 is 5.97 Å². The maximum Gasteiger partial charge on any atom is 0.329 e. The molecule has 1 aliphatic rings. The Morgan fingerprint density at radius 2 is 2.16 bits per heavy atom. The summed E-state index contributed by atoms with van der Waals surface area (Å²) in [6.07, 6.45) is 4.71. The highest BCUT2D eigenvalue weighted by Crippen LogP contribution is 2.37. The second-order valence-corrected chi connectivity index (χ2v) is 4.54. The van der Waals surface area contributed by atoms with Crippen LogP contribution in [0.5, 0.6) is 0 Å². The first kappa shape index (κ1) is 11.6. The van der Waals surface area contributed by atoms with E-state index in [4.69, 9.17) is 5.73 Å². The number of nitrogens with two attached hydrogens (primary N) is 1. The minimum absolute atomic E-state index is 0.122. The molecule has 3 N–H and O–H groups in total. The number of aliphatic carboxylic acids is 1. The van der Waals surface area contributed by atoms with Gasteiger partial charge in [0.2, 0.25) is 5.95 Å². The highest BCUT2D eigenvalue weighted by Gasteiger charge is 2.37. The summed E-state index contributed by atoms with van der Waals surface area (Å²) < 4.78 is 1.44. The van der Waals surface area contributed by atoms with E-state index in [0.717, 1.165) is 5.56 Å². The molecule has 2 aromatic heterocycles. The zero-order valence-electron chi connectivity index (χ0n) is 10.1. The van der Waals surface area contributed by atoms with Crippen LogP contribution < -0.4 is 5.73 Å². The topological polar surface area (TPSA) is 107 Å². The minimum Gasteiger partial charge on any atom is -0.480 e. The third-order valence-corrected chi connectivity index (χ3v) is 3.43. The van der Waals surface area contributed by atoms with Crippen LogP contribution in [-0.2, 0) is 11.2 Å². The molecule has 3 rings (SSSR count). The van der Waals surface area contributed by atoms with E-state index in [0.29, 0.717) is 18.7 Å². The van der Waals surface area contributed by atoms with E-state index in [1.807, 2.05) is 12.1 Å². The molecule has 3 heterocycles. The van der Waals surface area contributed by atoms with Gasteiger partial charge in [0.15, 0.2) is 6.04 Å². The van der Waals surface area contributed by atoms with Crippen LogP contribution in [0.4, 0.5) is 5.95 Å². The Morgan fingerprint density at radius 1 is 1.42 bits per heavy atom. The summed E-state index contributed by atoms with van der Waals surface area (Å²) in [6.45, 7) is 0. The van der Waals surface area contributed by atoms with Gasteiger partial charge in [-0.3, -0.25) is 4.98 Å². The first-order valence-electron chi connectivity index (χ1n) is 6.00. The van der Waals surface area contributed by atoms with Crippen molar-refractivity contribution in [2.45, 2.75) is 24.8 Å². The second kappa shape index (κ2) is 4.34. The Hall–Kier alpha value is -2.44. The average Bonchev–Trinajstić information content (AvgIpc) is 2.78. The summed E-state index contributed by atoms with van der Waals surface area (Å²) in [5.41, 5.74) is 6.51. The molecule has 0 spiro atoms. The molecule has 2 aromatic rings. The molecular weight excluding hydrogens is 246 g/mol. The second-order valence-electron chi connectivity index (χ2n) is 4.54. The van der Waals surface area contributed by atoms with Crippen LogP contribution in [0.25, 0.3) is 0 Å². The number of fused-ring (bicyclic) bond motifs is 1. The maximum absolute atomic E-state index is 11.6. The zero-order chi connectivity index (χ0) is 13.4. The van der Waals surface area contributed by atoms with Gasteiger partial charge in [0.05, 0.1) is 0 Å². The smallest absolute Gasteiger partial charge is 0.329 e. The number of hydrogen-bond acceptors (Lipinski definition) is 5. The Balaban J connectivity index is 2.06. The molecule has 7 nitrogen and oxygen atoms in total. The van der Waals surface area contributed by atoms with E-state index >= 15 is 0 Å². The van der Waals surface area contributed by atoms with Crippen LogP contribution in [0, 0.1) is 0 Å². The van der Waals surface area contributed by atoms with E-state index in [1.54, 1.807) is 12.4 Å². The molecule has 19 heavy (non-hydrogen) atoms. The van der Waals surface area contributed by atoms with Crippen molar-refractivity contribution >= 4 is 11.9 Å². The largest absolute Gasteiger partial charge is 0.480 e. The third kappa shape index (κ3) is 1.92. The predicted octanol–water partition coefficient (Wildman–Crippen LogP) is 0.611. The molecule has 0 saturated carbocycles. The number of nitrogen functional groups attached to an aromatic ring is 1. The van der Waals surface area contributed by atoms with Gasteiger partial charge in [-0.1, -0.05) is 0 Å². The van der Waals surface area contributed by atoms with Crippen molar-refractivity contribution in [2.24, 2.45) is 0 Å². The van der Waals surface area contributed by atoms with E-state index in [9.17, 15) is 9.90 Å². The van der Waals surface area contributed by atoms with Gasteiger partial charge in [-0.15, -0.1) is 5.10 Å². The lowest BCUT2D eigenvalue weighted by Crippen LogP contribution is -2.32. The first-order valence-corrected chi connectivity index (χ1v) is 6.00. The van der Waals surface area contributed by atoms with Gasteiger partial charge in [0.1, 0.15) is 5.82 Å². The van der Waals surface area contributed by atoms with Gasteiger partial charge in [-0.05, 0) is 24.1 Å². The molecule has 0 aliphatic carbocycles. The van der Waals surface area contributed by atoms with Crippen molar-refractivity contribution in [2.75, 3.05) is 5.73 Å². The molecule has 2 unspecified atom stereocenters. The van der Waals surface area contributed by atoms with Crippen LogP contribution in [0.1, 0.15) is 29.8 Å². The average molecular weight is 259 g/mol. The van der Waals surface area contributed by atoms with Crippen LogP contribution >= 0.6 is 0 Å². The van der Waals surface area contributed by atoms with E-state index < -0.39 is 12.0 Å². The van der Waals surface area contributed by atoms with Gasteiger partial charge in [0.25, 0.3) is 0 Å². The normalized spacial score (nSPS) is 21.9. The first-order chi connectivity index (χ1) is 9.16. The van der Waals surface area contributed by atoms with Crippen LogP contribution in [0.15, 0.2) is 24.5 Å². The highest BCUT2D eigenvalue weighted by molar-refractivity contribution is 5.73. The molecule has 2 atom stereocenters. The number of carbonyl (C=O) groups is 1. The Morgan fingerprint density at radius 3 is 2.84 bits per heavy atom. The molecule has 0 saturated heterocycles. The Bertz CT molecular complexity index is 610. The number of aryl methyl sites for hydroxylation is 1. The lowest BCUT2D eigenvalue weighted by atomic mass is 9.85. The summed E-state index contributed by atoms with van der Waals surface area (Å²) in [5, 5.41) is 13.5. The monoisotopic (exact) mass is 259 g/mol. The summed E-state index contributed by atoms with van der Waals surface area (Å²) >= 11 is 0. The van der Waals surface area contributed by atoms with E-state index in [1.165, 1.54) is 4.68 Å². The molecule has 98 valence electrons. The Kier molecular flexibility index (Phi) is 2.66. The Labute approximate surface area is 109 Å². The van der Waals surface area contributed by atoms with E-state index in [2.05, 4.69) is 15.1 Å². The van der Waals surface area contributed by atoms with Crippen molar-refractivity contribution < 1.29 is 9.90 Å². The van der Waals surface area contributed by atoms with Gasteiger partial charge in [-0.2, -0.15) is 4.98 Å². The van der Waals surface area contributed by atoms with Gasteiger partial charge < -0.3 is 10.8 Å². The fraction of sp³-hybridized carbons (Fsp3) is 0.333.